The van der Waals surface area contributed by atoms with Crippen molar-refractivity contribution in [1.82, 2.24) is 0 Å². The average Bonchev–Trinajstić information content (AvgIpc) is 2.49. The van der Waals surface area contributed by atoms with Crippen LogP contribution in [0.1, 0.15) is 0 Å². The molecule has 0 aliphatic heterocycles. The van der Waals surface area contributed by atoms with E-state index < -0.39 is 26.8 Å². The van der Waals surface area contributed by atoms with Gasteiger partial charge < -0.3 is 26.5 Å². The molecule has 24 heavy (non-hydrogen) atoms. The van der Waals surface area contributed by atoms with Gasteiger partial charge in [0.05, 0.1) is 0 Å². The van der Waals surface area contributed by atoms with Crippen molar-refractivity contribution < 1.29 is 32.8 Å². The summed E-state index contributed by atoms with van der Waals surface area (Å²) in [5.41, 5.74) is 8.50. The van der Waals surface area contributed by atoms with Gasteiger partial charge in [-0.2, -0.15) is 8.42 Å². The van der Waals surface area contributed by atoms with Gasteiger partial charge in [0.2, 0.25) is 0 Å². The Bertz CT molecular complexity index is 702. The molecule has 2 aromatic rings. The SMILES string of the molecule is C=O.NC(N)=O.O=S(=O)(O)c1ccccc1O.Oc1ccccc1. The van der Waals surface area contributed by atoms with Crippen LogP contribution in [0.4, 0.5) is 4.79 Å². The van der Waals surface area contributed by atoms with Gasteiger partial charge in [-0.05, 0) is 24.3 Å². The highest BCUT2D eigenvalue weighted by atomic mass is 32.2. The van der Waals surface area contributed by atoms with Crippen molar-refractivity contribution >= 4 is 22.9 Å². The number of para-hydroxylation sites is 2. The van der Waals surface area contributed by atoms with Crippen molar-refractivity contribution in [3.63, 3.8) is 0 Å². The molecule has 0 aliphatic carbocycles. The van der Waals surface area contributed by atoms with Crippen LogP contribution in [0, 0.1) is 0 Å². The fraction of sp³-hybridized carbons (Fsp3) is 0. The zero-order valence-electron chi connectivity index (χ0n) is 12.4. The van der Waals surface area contributed by atoms with E-state index in [-0.39, 0.29) is 0 Å². The molecule has 0 heterocycles. The number of primary amides is 2. The predicted molar refractivity (Wildman–Crippen MR) is 86.9 cm³/mol. The van der Waals surface area contributed by atoms with E-state index >= 15 is 0 Å². The summed E-state index contributed by atoms with van der Waals surface area (Å²) in [4.78, 5) is 16.5. The van der Waals surface area contributed by atoms with Gasteiger partial charge in [0.25, 0.3) is 10.1 Å². The van der Waals surface area contributed by atoms with E-state index in [0.29, 0.717) is 5.75 Å². The molecule has 10 heteroatoms. The second kappa shape index (κ2) is 12.4. The molecule has 0 atom stereocenters. The summed E-state index contributed by atoms with van der Waals surface area (Å²) in [6.45, 7) is 2.00. The lowest BCUT2D eigenvalue weighted by molar-refractivity contribution is -0.0980. The normalized spacial score (nSPS) is 8.88. The molecule has 2 amide bonds. The van der Waals surface area contributed by atoms with Crippen molar-refractivity contribution in [1.29, 1.82) is 0 Å². The zero-order chi connectivity index (χ0) is 19.2. The van der Waals surface area contributed by atoms with Crippen molar-refractivity contribution in [2.45, 2.75) is 4.90 Å². The maximum atomic E-state index is 10.4. The molecule has 2 rings (SSSR count). The summed E-state index contributed by atoms with van der Waals surface area (Å²) in [6, 6.07) is 13.0. The number of amides is 2. The fourth-order valence-corrected chi connectivity index (χ4v) is 1.69. The van der Waals surface area contributed by atoms with Crippen LogP contribution in [0.15, 0.2) is 59.5 Å². The molecule has 0 saturated heterocycles. The van der Waals surface area contributed by atoms with Crippen molar-refractivity contribution in [2.24, 2.45) is 11.5 Å². The molecule has 132 valence electrons. The third-order valence-corrected chi connectivity index (χ3v) is 2.80. The summed E-state index contributed by atoms with van der Waals surface area (Å²) in [5.74, 6) is -0.127. The maximum absolute atomic E-state index is 10.4. The lowest BCUT2D eigenvalue weighted by Gasteiger charge is -1.97. The first-order valence-electron chi connectivity index (χ1n) is 5.98. The number of nitrogens with two attached hydrogens (primary N) is 2. The van der Waals surface area contributed by atoms with Gasteiger partial charge in [0.15, 0.2) is 0 Å². The second-order valence-electron chi connectivity index (χ2n) is 3.68. The number of aromatic hydroxyl groups is 2. The summed E-state index contributed by atoms with van der Waals surface area (Å²) in [5, 5.41) is 17.5. The van der Waals surface area contributed by atoms with Gasteiger partial charge >= 0.3 is 6.03 Å². The highest BCUT2D eigenvalue weighted by Crippen LogP contribution is 2.20. The molecule has 0 saturated carbocycles. The van der Waals surface area contributed by atoms with Gasteiger partial charge in [-0.1, -0.05) is 30.3 Å². The smallest absolute Gasteiger partial charge is 0.309 e. The topological polar surface area (TPSA) is 181 Å². The molecule has 0 bridgehead atoms. The highest BCUT2D eigenvalue weighted by Gasteiger charge is 2.12. The first-order chi connectivity index (χ1) is 11.1. The Balaban J connectivity index is 0. The minimum atomic E-state index is -4.28. The summed E-state index contributed by atoms with van der Waals surface area (Å²) in [7, 11) is -4.28. The molecule has 0 aliphatic rings. The predicted octanol–water partition coefficient (Wildman–Crippen LogP) is 0.870. The first-order valence-corrected chi connectivity index (χ1v) is 7.42. The Morgan fingerprint density at radius 3 is 1.50 bits per heavy atom. The molecule has 0 aromatic heterocycles. The van der Waals surface area contributed by atoms with Gasteiger partial charge in [0.1, 0.15) is 23.2 Å². The number of rotatable bonds is 1. The largest absolute Gasteiger partial charge is 0.508 e. The van der Waals surface area contributed by atoms with E-state index in [1.165, 1.54) is 18.2 Å². The maximum Gasteiger partial charge on any atom is 0.309 e. The van der Waals surface area contributed by atoms with E-state index in [4.69, 9.17) is 24.4 Å². The second-order valence-corrected chi connectivity index (χ2v) is 5.07. The minimum absolute atomic E-state index is 0.322. The molecular weight excluding hydrogens is 340 g/mol. The molecule has 0 spiro atoms. The van der Waals surface area contributed by atoms with E-state index in [1.807, 2.05) is 12.9 Å². The van der Waals surface area contributed by atoms with Gasteiger partial charge in [0, 0.05) is 0 Å². The van der Waals surface area contributed by atoms with Crippen LogP contribution in [0.3, 0.4) is 0 Å². The van der Waals surface area contributed by atoms with E-state index in [0.717, 1.165) is 6.07 Å². The van der Waals surface area contributed by atoms with Gasteiger partial charge in [-0.15, -0.1) is 0 Å². The van der Waals surface area contributed by atoms with E-state index in [9.17, 15) is 8.42 Å². The molecule has 0 radical (unpaired) electrons. The standard InChI is InChI=1S/C6H6O4S.C6H6O.CH4N2O.CH2O/c7-5-3-1-2-4-6(5)11(8,9)10;7-6-4-2-1-3-5-6;2-1(3)4;1-2/h1-4,7H,(H,8,9,10);1-5,7H;(H4,2,3,4);1H2. The molecule has 0 unspecified atom stereocenters. The van der Waals surface area contributed by atoms with Crippen LogP contribution in [0.25, 0.3) is 0 Å². The molecule has 9 nitrogen and oxygen atoms in total. The molecular formula is C14H18N2O7S. The third kappa shape index (κ3) is 12.6. The molecule has 2 aromatic carbocycles. The Kier molecular flexibility index (Phi) is 12.0. The monoisotopic (exact) mass is 358 g/mol. The number of carbonyl (C=O) groups is 2. The zero-order valence-corrected chi connectivity index (χ0v) is 13.3. The minimum Gasteiger partial charge on any atom is -0.508 e. The Hall–Kier alpha value is -3.11. The number of hydrogen-bond acceptors (Lipinski definition) is 6. The number of carbonyl (C=O) groups excluding carboxylic acids is 2. The number of hydrogen-bond donors (Lipinski definition) is 5. The fourth-order valence-electron chi connectivity index (χ4n) is 1.10. The van der Waals surface area contributed by atoms with E-state index in [1.54, 1.807) is 24.3 Å². The van der Waals surface area contributed by atoms with Crippen molar-refractivity contribution in [2.75, 3.05) is 0 Å². The van der Waals surface area contributed by atoms with Crippen LogP contribution in [-0.2, 0) is 14.9 Å². The highest BCUT2D eigenvalue weighted by molar-refractivity contribution is 7.86. The lowest BCUT2D eigenvalue weighted by Crippen LogP contribution is -2.18. The molecule has 7 N–H and O–H groups in total. The Morgan fingerprint density at radius 1 is 0.875 bits per heavy atom. The third-order valence-electron chi connectivity index (χ3n) is 1.90. The van der Waals surface area contributed by atoms with Crippen LogP contribution >= 0.6 is 0 Å². The van der Waals surface area contributed by atoms with Crippen molar-refractivity contribution in [3.05, 3.63) is 54.6 Å². The van der Waals surface area contributed by atoms with Crippen LogP contribution in [0.2, 0.25) is 0 Å². The van der Waals surface area contributed by atoms with Crippen LogP contribution in [0.5, 0.6) is 11.5 Å². The van der Waals surface area contributed by atoms with E-state index in [2.05, 4.69) is 11.5 Å². The van der Waals surface area contributed by atoms with Crippen LogP contribution in [-0.4, -0.2) is 36.0 Å². The summed E-state index contributed by atoms with van der Waals surface area (Å²) >= 11 is 0. The average molecular weight is 358 g/mol. The van der Waals surface area contributed by atoms with Gasteiger partial charge in [-0.3, -0.25) is 4.55 Å². The number of urea groups is 1. The summed E-state index contributed by atoms with van der Waals surface area (Å²) in [6.07, 6.45) is 0. The number of phenolic OH excluding ortho intramolecular Hbond substituents is 2. The lowest BCUT2D eigenvalue weighted by atomic mass is 10.3. The Morgan fingerprint density at radius 2 is 1.25 bits per heavy atom. The number of phenols is 2. The van der Waals surface area contributed by atoms with Gasteiger partial charge in [-0.25, -0.2) is 4.79 Å². The number of benzene rings is 2. The Labute approximate surface area is 138 Å². The van der Waals surface area contributed by atoms with Crippen LogP contribution < -0.4 is 11.5 Å². The summed E-state index contributed by atoms with van der Waals surface area (Å²) < 4.78 is 29.4. The van der Waals surface area contributed by atoms with Crippen molar-refractivity contribution in [3.8, 4) is 11.5 Å². The molecule has 0 fully saturated rings. The first kappa shape index (κ1) is 23.2. The quantitative estimate of drug-likeness (QED) is 0.469.